The normalized spacial score (nSPS) is 10.3. The van der Waals surface area contributed by atoms with Crippen LogP contribution in [-0.2, 0) is 9.59 Å². The second-order valence-electron chi connectivity index (χ2n) is 6.68. The van der Waals surface area contributed by atoms with Crippen LogP contribution in [0.4, 0.5) is 0 Å². The summed E-state index contributed by atoms with van der Waals surface area (Å²) in [5.74, 6) is -0.796. The van der Waals surface area contributed by atoms with Gasteiger partial charge in [0.2, 0.25) is 5.91 Å². The highest BCUT2D eigenvalue weighted by atomic mass is 35.5. The molecule has 9 heteroatoms. The summed E-state index contributed by atoms with van der Waals surface area (Å²) in [6.45, 7) is 3.79. The molecule has 0 saturated heterocycles. The first-order valence-corrected chi connectivity index (χ1v) is 10.0. The monoisotopic (exact) mass is 451 g/mol. The van der Waals surface area contributed by atoms with Crippen LogP contribution in [0.2, 0.25) is 10.0 Å². The van der Waals surface area contributed by atoms with Crippen molar-refractivity contribution >= 4 is 40.9 Å². The van der Waals surface area contributed by atoms with Crippen LogP contribution in [0.3, 0.4) is 0 Å². The zero-order chi connectivity index (χ0) is 22.1. The first-order chi connectivity index (χ1) is 14.2. The lowest BCUT2D eigenvalue weighted by molar-refractivity contribution is -0.128. The molecule has 7 nitrogen and oxygen atoms in total. The number of nitrogens with one attached hydrogen (secondary N) is 3. The lowest BCUT2D eigenvalue weighted by Gasteiger charge is -2.10. The van der Waals surface area contributed by atoms with Crippen molar-refractivity contribution in [1.82, 2.24) is 16.2 Å². The first-order valence-electron chi connectivity index (χ1n) is 9.26. The molecule has 0 atom stereocenters. The highest BCUT2D eigenvalue weighted by molar-refractivity contribution is 6.35. The van der Waals surface area contributed by atoms with Crippen LogP contribution < -0.4 is 20.9 Å². The number of benzene rings is 2. The Morgan fingerprint density at radius 2 is 1.60 bits per heavy atom. The molecule has 2 aromatic carbocycles. The molecule has 0 radical (unpaired) electrons. The third-order valence-electron chi connectivity index (χ3n) is 3.93. The molecule has 0 aliphatic rings. The van der Waals surface area contributed by atoms with E-state index in [0.717, 1.165) is 11.1 Å². The van der Waals surface area contributed by atoms with E-state index < -0.39 is 5.91 Å². The number of halogens is 2. The average Bonchev–Trinajstić information content (AvgIpc) is 2.68. The summed E-state index contributed by atoms with van der Waals surface area (Å²) in [4.78, 5) is 35.7. The fraction of sp³-hybridized carbons (Fsp3) is 0.286. The number of hydrogen-bond acceptors (Lipinski definition) is 4. The third-order valence-corrected chi connectivity index (χ3v) is 4.46. The van der Waals surface area contributed by atoms with Gasteiger partial charge in [-0.15, -0.1) is 0 Å². The van der Waals surface area contributed by atoms with Gasteiger partial charge in [-0.1, -0.05) is 40.4 Å². The highest BCUT2D eigenvalue weighted by Gasteiger charge is 2.10. The van der Waals surface area contributed by atoms with Crippen LogP contribution in [0, 0.1) is 13.8 Å². The van der Waals surface area contributed by atoms with Gasteiger partial charge in [0.1, 0.15) is 5.75 Å². The van der Waals surface area contributed by atoms with E-state index in [4.69, 9.17) is 27.9 Å². The fourth-order valence-corrected chi connectivity index (χ4v) is 3.08. The summed E-state index contributed by atoms with van der Waals surface area (Å²) in [5, 5.41) is 3.41. The van der Waals surface area contributed by atoms with Crippen molar-refractivity contribution in [2.24, 2.45) is 0 Å². The Balaban J connectivity index is 1.63. The topological polar surface area (TPSA) is 96.5 Å². The lowest BCUT2D eigenvalue weighted by atomic mass is 10.1. The quantitative estimate of drug-likeness (QED) is 0.423. The van der Waals surface area contributed by atoms with Gasteiger partial charge in [0.05, 0.1) is 18.2 Å². The number of hydrogen-bond donors (Lipinski definition) is 3. The Bertz CT molecular complexity index is 914. The van der Waals surface area contributed by atoms with Crippen LogP contribution in [-0.4, -0.2) is 30.9 Å². The Kier molecular flexibility index (Phi) is 8.95. The van der Waals surface area contributed by atoms with Gasteiger partial charge in [0.15, 0.2) is 0 Å². The predicted molar refractivity (Wildman–Crippen MR) is 116 cm³/mol. The fourth-order valence-electron chi connectivity index (χ4n) is 2.62. The van der Waals surface area contributed by atoms with E-state index in [1.165, 1.54) is 0 Å². The van der Waals surface area contributed by atoms with Crippen molar-refractivity contribution in [2.45, 2.75) is 26.7 Å². The van der Waals surface area contributed by atoms with E-state index in [9.17, 15) is 14.4 Å². The molecule has 0 unspecified atom stereocenters. The molecule has 160 valence electrons. The number of carbonyl (C=O) groups is 3. The number of hydrazine groups is 1. The smallest absolute Gasteiger partial charge is 0.257 e. The van der Waals surface area contributed by atoms with Gasteiger partial charge in [-0.05, 0) is 50.6 Å². The molecule has 2 aromatic rings. The van der Waals surface area contributed by atoms with E-state index in [0.29, 0.717) is 27.8 Å². The minimum Gasteiger partial charge on any atom is -0.492 e. The zero-order valence-corrected chi connectivity index (χ0v) is 18.2. The summed E-state index contributed by atoms with van der Waals surface area (Å²) >= 11 is 11.8. The number of rotatable bonds is 8. The highest BCUT2D eigenvalue weighted by Crippen LogP contribution is 2.27. The van der Waals surface area contributed by atoms with Crippen molar-refractivity contribution in [3.63, 3.8) is 0 Å². The molecule has 0 aromatic heterocycles. The van der Waals surface area contributed by atoms with Gasteiger partial charge in [-0.25, -0.2) is 0 Å². The van der Waals surface area contributed by atoms with Crippen LogP contribution in [0.1, 0.15) is 34.3 Å². The first kappa shape index (κ1) is 23.5. The van der Waals surface area contributed by atoms with Gasteiger partial charge < -0.3 is 10.1 Å². The van der Waals surface area contributed by atoms with E-state index in [-0.39, 0.29) is 31.4 Å². The standard InChI is InChI=1S/C21H23Cl2N3O4/c1-13-8-14(2)10-15(9-13)21(29)24-12-20(28)26-25-19(27)4-3-7-30-18-6-5-16(22)11-17(18)23/h5-6,8-11H,3-4,7,12H2,1-2H3,(H,24,29)(H,25,27)(H,26,28). The second kappa shape index (κ2) is 11.4. The molecule has 0 spiro atoms. The summed E-state index contributed by atoms with van der Waals surface area (Å²) in [7, 11) is 0. The molecule has 0 bridgehead atoms. The summed E-state index contributed by atoms with van der Waals surface area (Å²) < 4.78 is 5.49. The molecule has 0 aliphatic heterocycles. The summed E-state index contributed by atoms with van der Waals surface area (Å²) in [6, 6.07) is 10.3. The van der Waals surface area contributed by atoms with Crippen LogP contribution in [0.5, 0.6) is 5.75 Å². The zero-order valence-electron chi connectivity index (χ0n) is 16.7. The van der Waals surface area contributed by atoms with Gasteiger partial charge in [-0.2, -0.15) is 0 Å². The van der Waals surface area contributed by atoms with E-state index in [2.05, 4.69) is 16.2 Å². The van der Waals surface area contributed by atoms with E-state index in [1.807, 2.05) is 19.9 Å². The summed E-state index contributed by atoms with van der Waals surface area (Å²) in [6.07, 6.45) is 0.560. The van der Waals surface area contributed by atoms with Crippen molar-refractivity contribution in [2.75, 3.05) is 13.2 Å². The van der Waals surface area contributed by atoms with Crippen LogP contribution in [0.25, 0.3) is 0 Å². The molecule has 30 heavy (non-hydrogen) atoms. The van der Waals surface area contributed by atoms with E-state index in [1.54, 1.807) is 30.3 Å². The Morgan fingerprint density at radius 1 is 0.933 bits per heavy atom. The van der Waals surface area contributed by atoms with Gasteiger partial charge in [-0.3, -0.25) is 25.2 Å². The number of aryl methyl sites for hydroxylation is 2. The predicted octanol–water partition coefficient (Wildman–Crippen LogP) is 3.35. The SMILES string of the molecule is Cc1cc(C)cc(C(=O)NCC(=O)NNC(=O)CCCOc2ccc(Cl)cc2Cl)c1. The summed E-state index contributed by atoms with van der Waals surface area (Å²) in [5.41, 5.74) is 6.94. The molecule has 0 heterocycles. The maximum absolute atomic E-state index is 12.1. The van der Waals surface area contributed by atoms with Crippen LogP contribution >= 0.6 is 23.2 Å². The Morgan fingerprint density at radius 3 is 2.27 bits per heavy atom. The van der Waals surface area contributed by atoms with Crippen molar-refractivity contribution in [1.29, 1.82) is 0 Å². The molecule has 2 rings (SSSR count). The lowest BCUT2D eigenvalue weighted by Crippen LogP contribution is -2.46. The molecular formula is C21H23Cl2N3O4. The van der Waals surface area contributed by atoms with E-state index >= 15 is 0 Å². The molecule has 0 saturated carbocycles. The molecule has 0 aliphatic carbocycles. The Labute approximate surface area is 185 Å². The molecular weight excluding hydrogens is 429 g/mol. The van der Waals surface area contributed by atoms with Gasteiger partial charge in [0, 0.05) is 17.0 Å². The van der Waals surface area contributed by atoms with Gasteiger partial charge in [0.25, 0.3) is 11.8 Å². The number of amides is 3. The third kappa shape index (κ3) is 7.93. The molecule has 3 N–H and O–H groups in total. The molecule has 3 amide bonds. The number of ether oxygens (including phenoxy) is 1. The number of carbonyl (C=O) groups excluding carboxylic acids is 3. The second-order valence-corrected chi connectivity index (χ2v) is 7.53. The van der Waals surface area contributed by atoms with Crippen molar-refractivity contribution in [3.05, 3.63) is 63.1 Å². The van der Waals surface area contributed by atoms with Crippen LogP contribution in [0.15, 0.2) is 36.4 Å². The van der Waals surface area contributed by atoms with Crippen molar-refractivity contribution in [3.8, 4) is 5.75 Å². The minimum absolute atomic E-state index is 0.139. The van der Waals surface area contributed by atoms with Crippen molar-refractivity contribution < 1.29 is 19.1 Å². The average molecular weight is 452 g/mol. The minimum atomic E-state index is -0.537. The maximum Gasteiger partial charge on any atom is 0.257 e. The van der Waals surface area contributed by atoms with Gasteiger partial charge >= 0.3 is 0 Å². The maximum atomic E-state index is 12.1. The Hall–Kier alpha value is -2.77. The molecule has 0 fully saturated rings. The largest absolute Gasteiger partial charge is 0.492 e.